The molecule has 1 aliphatic carbocycles. The maximum Gasteiger partial charge on any atom is 0.243 e. The number of fused-ring (bicyclic) bond motifs is 2. The van der Waals surface area contributed by atoms with E-state index in [1.165, 1.54) is 19.3 Å². The van der Waals surface area contributed by atoms with E-state index in [4.69, 9.17) is 5.73 Å². The van der Waals surface area contributed by atoms with Crippen molar-refractivity contribution in [2.45, 2.75) is 57.2 Å². The Balaban J connectivity index is 1.29. The maximum atomic E-state index is 13.4. The zero-order valence-corrected chi connectivity index (χ0v) is 21.6. The van der Waals surface area contributed by atoms with Gasteiger partial charge < -0.3 is 21.7 Å². The summed E-state index contributed by atoms with van der Waals surface area (Å²) in [5.41, 5.74) is 7.95. The lowest BCUT2D eigenvalue weighted by atomic mass is 9.95. The van der Waals surface area contributed by atoms with Gasteiger partial charge in [-0.3, -0.25) is 9.59 Å². The summed E-state index contributed by atoms with van der Waals surface area (Å²) >= 11 is 0. The second-order valence-electron chi connectivity index (χ2n) is 10.1. The number of benzene rings is 3. The second kappa shape index (κ2) is 12.0. The highest BCUT2D eigenvalue weighted by Crippen LogP contribution is 2.22. The van der Waals surface area contributed by atoms with Crippen LogP contribution in [-0.4, -0.2) is 35.4 Å². The van der Waals surface area contributed by atoms with E-state index in [0.29, 0.717) is 24.8 Å². The summed E-state index contributed by atoms with van der Waals surface area (Å²) in [6, 6.07) is 21.6. The van der Waals surface area contributed by atoms with Crippen LogP contribution >= 0.6 is 0 Å². The predicted octanol–water partition coefficient (Wildman–Crippen LogP) is 4.24. The van der Waals surface area contributed by atoms with Gasteiger partial charge in [0.1, 0.15) is 11.9 Å². The van der Waals surface area contributed by atoms with Gasteiger partial charge in [-0.1, -0.05) is 73.9 Å². The number of hydrogen-bond acceptors (Lipinski definition) is 5. The molecule has 38 heavy (non-hydrogen) atoms. The molecule has 2 amide bonds. The molecule has 1 heterocycles. The Labute approximate surface area is 223 Å². The first-order valence-corrected chi connectivity index (χ1v) is 13.5. The van der Waals surface area contributed by atoms with Crippen molar-refractivity contribution in [3.63, 3.8) is 0 Å². The molecule has 0 bridgehead atoms. The van der Waals surface area contributed by atoms with E-state index in [1.54, 1.807) is 6.20 Å². The third kappa shape index (κ3) is 6.29. The molecule has 1 unspecified atom stereocenters. The number of amides is 2. The lowest BCUT2D eigenvalue weighted by molar-refractivity contribution is -0.128. The van der Waals surface area contributed by atoms with Crippen LogP contribution in [-0.2, 0) is 22.6 Å². The predicted molar refractivity (Wildman–Crippen MR) is 152 cm³/mol. The van der Waals surface area contributed by atoms with Crippen molar-refractivity contribution in [2.75, 3.05) is 12.3 Å². The quantitative estimate of drug-likeness (QED) is 0.270. The number of nitrogens with one attached hydrogen (secondary N) is 3. The van der Waals surface area contributed by atoms with Gasteiger partial charge in [-0.2, -0.15) is 0 Å². The molecule has 0 aliphatic heterocycles. The number of pyridine rings is 1. The molecule has 3 aromatic carbocycles. The summed E-state index contributed by atoms with van der Waals surface area (Å²) in [5.74, 6) is 0.112. The summed E-state index contributed by atoms with van der Waals surface area (Å²) in [6.45, 7) is 0.559. The normalized spacial score (nSPS) is 14.8. The number of carbonyl (C=O) groups is 2. The minimum Gasteiger partial charge on any atom is -0.383 e. The van der Waals surface area contributed by atoms with Crippen molar-refractivity contribution in [3.8, 4) is 0 Å². The van der Waals surface area contributed by atoms with Crippen LogP contribution in [0.5, 0.6) is 0 Å². The third-order valence-electron chi connectivity index (χ3n) is 7.44. The fourth-order valence-electron chi connectivity index (χ4n) is 5.36. The van der Waals surface area contributed by atoms with Crippen LogP contribution in [0.2, 0.25) is 0 Å². The highest BCUT2D eigenvalue weighted by Gasteiger charge is 2.23. The van der Waals surface area contributed by atoms with E-state index >= 15 is 0 Å². The van der Waals surface area contributed by atoms with Crippen molar-refractivity contribution >= 4 is 39.2 Å². The first kappa shape index (κ1) is 25.7. The Hall–Kier alpha value is -3.97. The second-order valence-corrected chi connectivity index (χ2v) is 10.1. The molecule has 1 atom stereocenters. The molecule has 0 radical (unpaired) electrons. The molecule has 5 N–H and O–H groups in total. The fraction of sp³-hybridized carbons (Fsp3) is 0.323. The van der Waals surface area contributed by atoms with Crippen LogP contribution in [0, 0.1) is 0 Å². The molecule has 5 rings (SSSR count). The molecule has 1 aliphatic rings. The van der Waals surface area contributed by atoms with E-state index < -0.39 is 6.04 Å². The minimum atomic E-state index is -0.693. The van der Waals surface area contributed by atoms with Crippen molar-refractivity contribution < 1.29 is 9.59 Å². The molecule has 4 aromatic rings. The number of hydrogen-bond donors (Lipinski definition) is 4. The number of aromatic nitrogens is 1. The summed E-state index contributed by atoms with van der Waals surface area (Å²) in [7, 11) is 0. The summed E-state index contributed by atoms with van der Waals surface area (Å²) < 4.78 is 0. The van der Waals surface area contributed by atoms with Gasteiger partial charge in [0.2, 0.25) is 11.8 Å². The molecule has 1 fully saturated rings. The molecule has 1 saturated carbocycles. The van der Waals surface area contributed by atoms with Crippen molar-refractivity contribution in [3.05, 3.63) is 84.1 Å². The van der Waals surface area contributed by atoms with Crippen LogP contribution in [0.1, 0.15) is 43.2 Å². The molecule has 7 heteroatoms. The van der Waals surface area contributed by atoms with Crippen LogP contribution in [0.4, 0.5) is 5.82 Å². The van der Waals surface area contributed by atoms with Crippen LogP contribution in [0.3, 0.4) is 0 Å². The van der Waals surface area contributed by atoms with Crippen molar-refractivity contribution in [1.82, 2.24) is 20.9 Å². The number of carbonyl (C=O) groups excluding carboxylic acids is 2. The SMILES string of the molecule is Nc1nccc2cc(CNC(=O)C(Cc3cccc4ccccc34)NC(=O)CNC3CCCCC3)ccc12. The molecule has 1 aromatic heterocycles. The van der Waals surface area contributed by atoms with Gasteiger partial charge in [0.15, 0.2) is 0 Å². The van der Waals surface area contributed by atoms with E-state index in [0.717, 1.165) is 45.5 Å². The smallest absolute Gasteiger partial charge is 0.243 e. The Morgan fingerprint density at radius 1 is 0.921 bits per heavy atom. The summed E-state index contributed by atoms with van der Waals surface area (Å²) in [4.78, 5) is 30.5. The highest BCUT2D eigenvalue weighted by molar-refractivity contribution is 5.92. The summed E-state index contributed by atoms with van der Waals surface area (Å²) in [6.07, 6.45) is 7.94. The topological polar surface area (TPSA) is 109 Å². The lowest BCUT2D eigenvalue weighted by Gasteiger charge is -2.24. The van der Waals surface area contributed by atoms with Crippen LogP contribution < -0.4 is 21.7 Å². The zero-order chi connectivity index (χ0) is 26.3. The Morgan fingerprint density at radius 2 is 1.74 bits per heavy atom. The van der Waals surface area contributed by atoms with Gasteiger partial charge in [-0.15, -0.1) is 0 Å². The molecule has 0 saturated heterocycles. The third-order valence-corrected chi connectivity index (χ3v) is 7.44. The lowest BCUT2D eigenvalue weighted by Crippen LogP contribution is -2.50. The number of nitrogens with two attached hydrogens (primary N) is 1. The number of anilines is 1. The zero-order valence-electron chi connectivity index (χ0n) is 21.6. The first-order valence-electron chi connectivity index (χ1n) is 13.5. The Bertz CT molecular complexity index is 1430. The monoisotopic (exact) mass is 509 g/mol. The molecular formula is C31H35N5O2. The van der Waals surface area contributed by atoms with Gasteiger partial charge >= 0.3 is 0 Å². The van der Waals surface area contributed by atoms with Gasteiger partial charge in [0.25, 0.3) is 0 Å². The maximum absolute atomic E-state index is 13.4. The molecule has 196 valence electrons. The number of rotatable bonds is 9. The Kier molecular flexibility index (Phi) is 8.14. The standard InChI is InChI=1S/C31H35N5O2/c32-30-27-14-13-21(17-24(27)15-16-33-30)19-35-31(38)28(36-29(37)20-34-25-10-2-1-3-11-25)18-23-9-6-8-22-7-4-5-12-26(22)23/h4-9,12-17,25,28,34H,1-3,10-11,18-20H2,(H2,32,33)(H,35,38)(H,36,37). The molecule has 7 nitrogen and oxygen atoms in total. The van der Waals surface area contributed by atoms with Crippen LogP contribution in [0.15, 0.2) is 72.9 Å². The summed E-state index contributed by atoms with van der Waals surface area (Å²) in [5, 5.41) is 13.5. The average molecular weight is 510 g/mol. The highest BCUT2D eigenvalue weighted by atomic mass is 16.2. The van der Waals surface area contributed by atoms with Gasteiger partial charge in [-0.05, 0) is 52.3 Å². The number of nitrogens with zero attached hydrogens (tertiary/aromatic N) is 1. The van der Waals surface area contributed by atoms with Gasteiger partial charge in [0, 0.05) is 30.6 Å². The van der Waals surface area contributed by atoms with Crippen molar-refractivity contribution in [1.29, 1.82) is 0 Å². The Morgan fingerprint density at radius 3 is 2.61 bits per heavy atom. The molecule has 0 spiro atoms. The molecular weight excluding hydrogens is 474 g/mol. The van der Waals surface area contributed by atoms with Crippen LogP contribution in [0.25, 0.3) is 21.5 Å². The first-order chi connectivity index (χ1) is 18.6. The van der Waals surface area contributed by atoms with Crippen molar-refractivity contribution in [2.24, 2.45) is 0 Å². The average Bonchev–Trinajstić information content (AvgIpc) is 2.95. The van der Waals surface area contributed by atoms with E-state index in [9.17, 15) is 9.59 Å². The van der Waals surface area contributed by atoms with Gasteiger partial charge in [0.05, 0.1) is 6.54 Å². The van der Waals surface area contributed by atoms with E-state index in [1.807, 2.05) is 48.5 Å². The largest absolute Gasteiger partial charge is 0.383 e. The van der Waals surface area contributed by atoms with E-state index in [2.05, 4.69) is 39.1 Å². The minimum absolute atomic E-state index is 0.162. The fourth-order valence-corrected chi connectivity index (χ4v) is 5.36. The number of nitrogen functional groups attached to an aromatic ring is 1. The van der Waals surface area contributed by atoms with E-state index in [-0.39, 0.29) is 18.4 Å². The van der Waals surface area contributed by atoms with Gasteiger partial charge in [-0.25, -0.2) is 4.98 Å².